The van der Waals surface area contributed by atoms with Crippen LogP contribution < -0.4 is 5.84 Å². The first-order chi connectivity index (χ1) is 11.7. The van der Waals surface area contributed by atoms with Crippen LogP contribution in [0.5, 0.6) is 0 Å². The molecule has 1 unspecified atom stereocenters. The molecule has 0 spiro atoms. The van der Waals surface area contributed by atoms with E-state index in [4.69, 9.17) is 10.6 Å². The van der Waals surface area contributed by atoms with E-state index in [1.165, 1.54) is 6.21 Å². The van der Waals surface area contributed by atoms with Crippen molar-refractivity contribution in [3.63, 3.8) is 0 Å². The van der Waals surface area contributed by atoms with Gasteiger partial charge in [-0.3, -0.25) is 9.79 Å². The van der Waals surface area contributed by atoms with Crippen LogP contribution in [0.25, 0.3) is 0 Å². The zero-order chi connectivity index (χ0) is 17.4. The van der Waals surface area contributed by atoms with Crippen LogP contribution >= 0.6 is 0 Å². The summed E-state index contributed by atoms with van der Waals surface area (Å²) in [5.41, 5.74) is 1.69. The number of likely N-dealkylation sites (tertiary alicyclic amines) is 1. The molecule has 0 aromatic heterocycles. The van der Waals surface area contributed by atoms with Gasteiger partial charge in [0, 0.05) is 38.1 Å². The molecule has 1 fully saturated rings. The lowest BCUT2D eigenvalue weighted by Crippen LogP contribution is -2.29. The Kier molecular flexibility index (Phi) is 6.62. The van der Waals surface area contributed by atoms with Gasteiger partial charge in [0.25, 0.3) is 5.91 Å². The zero-order valence-electron chi connectivity index (χ0n) is 13.7. The van der Waals surface area contributed by atoms with Gasteiger partial charge in [0.15, 0.2) is 0 Å². The minimum Gasteiger partial charge on any atom is -0.384 e. The largest absolute Gasteiger partial charge is 0.384 e. The van der Waals surface area contributed by atoms with Gasteiger partial charge < -0.3 is 20.3 Å². The number of hydrogen-bond donors (Lipinski definition) is 1. The number of rotatable bonds is 7. The molecule has 24 heavy (non-hydrogen) atoms. The molecular formula is C17H22N4O3. The van der Waals surface area contributed by atoms with E-state index >= 15 is 0 Å². The Hall–Kier alpha value is -2.54. The van der Waals surface area contributed by atoms with E-state index in [0.29, 0.717) is 35.8 Å². The number of hydrogen-bond acceptors (Lipinski definition) is 6. The minimum absolute atomic E-state index is 0.0225. The molecule has 1 saturated heterocycles. The Bertz CT molecular complexity index is 625. The summed E-state index contributed by atoms with van der Waals surface area (Å²) in [4.78, 5) is 29.0. The Morgan fingerprint density at radius 3 is 2.79 bits per heavy atom. The van der Waals surface area contributed by atoms with Crippen molar-refractivity contribution in [2.24, 2.45) is 21.9 Å². The molecule has 1 aliphatic heterocycles. The summed E-state index contributed by atoms with van der Waals surface area (Å²) in [7, 11) is 1.68. The second-order valence-electron chi connectivity index (χ2n) is 5.66. The number of amides is 1. The number of carbonyl (C=O) groups is 2. The van der Waals surface area contributed by atoms with Crippen molar-refractivity contribution in [3.8, 4) is 0 Å². The van der Waals surface area contributed by atoms with Gasteiger partial charge in [0.05, 0.1) is 24.2 Å². The topological polar surface area (TPSA) is 97.3 Å². The molecule has 7 nitrogen and oxygen atoms in total. The molecule has 0 radical (unpaired) electrons. The molecule has 1 atom stereocenters. The highest BCUT2D eigenvalue weighted by Crippen LogP contribution is 2.20. The normalized spacial score (nSPS) is 18.3. The first-order valence-electron chi connectivity index (χ1n) is 7.80. The average molecular weight is 330 g/mol. The molecule has 1 aromatic carbocycles. The van der Waals surface area contributed by atoms with Crippen LogP contribution in [0.3, 0.4) is 0 Å². The summed E-state index contributed by atoms with van der Waals surface area (Å²) >= 11 is 0. The van der Waals surface area contributed by atoms with Crippen molar-refractivity contribution in [2.45, 2.75) is 12.8 Å². The maximum atomic E-state index is 12.5. The van der Waals surface area contributed by atoms with Crippen LogP contribution in [0.1, 0.15) is 23.2 Å². The lowest BCUT2D eigenvalue weighted by Gasteiger charge is -2.16. The fourth-order valence-corrected chi connectivity index (χ4v) is 2.63. The van der Waals surface area contributed by atoms with Crippen LogP contribution in [-0.4, -0.2) is 55.8 Å². The van der Waals surface area contributed by atoms with E-state index in [0.717, 1.165) is 19.5 Å². The van der Waals surface area contributed by atoms with Gasteiger partial charge in [-0.1, -0.05) is 0 Å². The number of methoxy groups -OCH3 is 1. The van der Waals surface area contributed by atoms with Gasteiger partial charge in [-0.25, -0.2) is 0 Å². The SMILES string of the molecule is COCC1CCN(C(=O)c2ccc(N=CC(CC=O)=NN)cc2)C1. The number of nitrogens with two attached hydrogens (primary N) is 1. The Labute approximate surface area is 141 Å². The van der Waals surface area contributed by atoms with Crippen molar-refractivity contribution in [3.05, 3.63) is 29.8 Å². The molecule has 1 aromatic rings. The fraction of sp³-hybridized carbons (Fsp3) is 0.412. The van der Waals surface area contributed by atoms with Crippen LogP contribution in [0, 0.1) is 5.92 Å². The first kappa shape index (κ1) is 17.8. The van der Waals surface area contributed by atoms with Gasteiger partial charge in [-0.15, -0.1) is 0 Å². The molecule has 1 amide bonds. The number of aliphatic imine (C=N–C) groups is 1. The number of hydrazone groups is 1. The maximum Gasteiger partial charge on any atom is 0.253 e. The predicted octanol–water partition coefficient (Wildman–Crippen LogP) is 1.40. The monoisotopic (exact) mass is 330 g/mol. The summed E-state index contributed by atoms with van der Waals surface area (Å²) in [5, 5.41) is 3.48. The highest BCUT2D eigenvalue weighted by molar-refractivity contribution is 6.33. The van der Waals surface area contributed by atoms with Gasteiger partial charge in [-0.05, 0) is 30.7 Å². The second kappa shape index (κ2) is 8.93. The Balaban J connectivity index is 1.98. The molecule has 0 saturated carbocycles. The van der Waals surface area contributed by atoms with Crippen molar-refractivity contribution in [2.75, 3.05) is 26.8 Å². The van der Waals surface area contributed by atoms with Crippen LogP contribution in [0.2, 0.25) is 0 Å². The average Bonchev–Trinajstić information content (AvgIpc) is 3.07. The number of benzene rings is 1. The lowest BCUT2D eigenvalue weighted by molar-refractivity contribution is -0.106. The third-order valence-electron chi connectivity index (χ3n) is 3.91. The fourth-order valence-electron chi connectivity index (χ4n) is 2.63. The number of nitrogens with zero attached hydrogens (tertiary/aromatic N) is 3. The molecule has 2 N–H and O–H groups in total. The minimum atomic E-state index is 0.0225. The first-order valence-corrected chi connectivity index (χ1v) is 7.80. The highest BCUT2D eigenvalue weighted by Gasteiger charge is 2.26. The van der Waals surface area contributed by atoms with Crippen LogP contribution in [-0.2, 0) is 9.53 Å². The third kappa shape index (κ3) is 4.73. The van der Waals surface area contributed by atoms with Crippen molar-refractivity contribution >= 4 is 29.8 Å². The predicted molar refractivity (Wildman–Crippen MR) is 92.8 cm³/mol. The molecule has 1 heterocycles. The van der Waals surface area contributed by atoms with E-state index in [1.807, 2.05) is 4.90 Å². The number of ether oxygens (including phenoxy) is 1. The molecule has 0 aliphatic carbocycles. The zero-order valence-corrected chi connectivity index (χ0v) is 13.7. The lowest BCUT2D eigenvalue weighted by atomic mass is 10.1. The van der Waals surface area contributed by atoms with E-state index in [1.54, 1.807) is 31.4 Å². The van der Waals surface area contributed by atoms with Gasteiger partial charge in [0.2, 0.25) is 0 Å². The molecule has 7 heteroatoms. The summed E-state index contributed by atoms with van der Waals surface area (Å²) in [5.74, 6) is 5.60. The van der Waals surface area contributed by atoms with Gasteiger partial charge in [0.1, 0.15) is 6.29 Å². The van der Waals surface area contributed by atoms with E-state index in [-0.39, 0.29) is 12.3 Å². The van der Waals surface area contributed by atoms with E-state index in [2.05, 4.69) is 10.1 Å². The van der Waals surface area contributed by atoms with Crippen LogP contribution in [0.15, 0.2) is 34.4 Å². The smallest absolute Gasteiger partial charge is 0.253 e. The molecule has 0 bridgehead atoms. The summed E-state index contributed by atoms with van der Waals surface area (Å²) < 4.78 is 5.15. The molecular weight excluding hydrogens is 308 g/mol. The summed E-state index contributed by atoms with van der Waals surface area (Å²) in [6.45, 7) is 2.17. The quantitative estimate of drug-likeness (QED) is 0.354. The van der Waals surface area contributed by atoms with Crippen LogP contribution in [0.4, 0.5) is 5.69 Å². The Morgan fingerprint density at radius 1 is 1.42 bits per heavy atom. The van der Waals surface area contributed by atoms with Crippen molar-refractivity contribution < 1.29 is 14.3 Å². The molecule has 1 aliphatic rings. The van der Waals surface area contributed by atoms with Crippen molar-refractivity contribution in [1.29, 1.82) is 0 Å². The number of carbonyl (C=O) groups excluding carboxylic acids is 2. The standard InChI is InChI=1S/C17H22N4O3/c1-24-12-13-6-8-21(11-13)17(23)14-2-4-15(5-3-14)19-10-16(20-18)7-9-22/h2-5,9-10,13H,6-8,11-12,18H2,1H3. The Morgan fingerprint density at radius 2 is 2.17 bits per heavy atom. The summed E-state index contributed by atoms with van der Waals surface area (Å²) in [6.07, 6.45) is 3.25. The second-order valence-corrected chi connectivity index (χ2v) is 5.66. The molecule has 2 rings (SSSR count). The van der Waals surface area contributed by atoms with Crippen molar-refractivity contribution in [1.82, 2.24) is 4.90 Å². The summed E-state index contributed by atoms with van der Waals surface area (Å²) in [6, 6.07) is 7.00. The highest BCUT2D eigenvalue weighted by atomic mass is 16.5. The molecule has 128 valence electrons. The van der Waals surface area contributed by atoms with E-state index < -0.39 is 0 Å². The maximum absolute atomic E-state index is 12.5. The van der Waals surface area contributed by atoms with E-state index in [9.17, 15) is 9.59 Å². The number of aldehydes is 1. The van der Waals surface area contributed by atoms with Gasteiger partial charge in [-0.2, -0.15) is 5.10 Å². The third-order valence-corrected chi connectivity index (χ3v) is 3.91. The van der Waals surface area contributed by atoms with Gasteiger partial charge >= 0.3 is 0 Å².